The van der Waals surface area contributed by atoms with Crippen LogP contribution in [0.1, 0.15) is 20.8 Å². The van der Waals surface area contributed by atoms with Gasteiger partial charge in [-0.25, -0.2) is 0 Å². The predicted octanol–water partition coefficient (Wildman–Crippen LogP) is 0.00730. The quantitative estimate of drug-likeness (QED) is 0.699. The number of rotatable bonds is 3. The fourth-order valence-corrected chi connectivity index (χ4v) is 2.64. The largest absolute Gasteiger partial charge is 0.373 e. The fourth-order valence-electron chi connectivity index (χ4n) is 1.92. The van der Waals surface area contributed by atoms with E-state index in [2.05, 4.69) is 0 Å². The molecule has 0 radical (unpaired) electrons. The minimum absolute atomic E-state index is 0.0483. The average Bonchev–Trinajstić information content (AvgIpc) is 2.21. The third-order valence-electron chi connectivity index (χ3n) is 3.11. The summed E-state index contributed by atoms with van der Waals surface area (Å²) in [7, 11) is -4.25. The van der Waals surface area contributed by atoms with Gasteiger partial charge in [-0.3, -0.25) is 9.35 Å². The first kappa shape index (κ1) is 14.1. The second-order valence-corrected chi connectivity index (χ2v) is 5.63. The van der Waals surface area contributed by atoms with Crippen molar-refractivity contribution >= 4 is 16.0 Å². The molecule has 1 aliphatic heterocycles. The molecule has 0 fully saturated rings. The van der Waals surface area contributed by atoms with Crippen LogP contribution in [0.2, 0.25) is 0 Å². The molecule has 7 heteroatoms. The maximum absolute atomic E-state index is 11.9. The number of carbonyl (C=O) groups excluding carboxylic acids is 1. The number of nitrogens with zero attached hydrogens (tertiary/aromatic N) is 1. The Kier molecular flexibility index (Phi) is 3.95. The van der Waals surface area contributed by atoms with E-state index in [-0.39, 0.29) is 18.0 Å². The number of hydrogen-bond acceptors (Lipinski definition) is 4. The van der Waals surface area contributed by atoms with E-state index in [4.69, 9.17) is 4.55 Å². The van der Waals surface area contributed by atoms with Crippen LogP contribution in [0.15, 0.2) is 11.1 Å². The number of amides is 1. The zero-order chi connectivity index (χ0) is 13.4. The van der Waals surface area contributed by atoms with E-state index < -0.39 is 28.0 Å². The van der Waals surface area contributed by atoms with Crippen molar-refractivity contribution in [2.75, 3.05) is 12.3 Å². The van der Waals surface area contributed by atoms with Gasteiger partial charge in [-0.1, -0.05) is 12.5 Å². The van der Waals surface area contributed by atoms with Crippen LogP contribution < -0.4 is 0 Å². The Bertz CT molecular complexity index is 453. The molecule has 2 atom stereocenters. The second-order valence-electron chi connectivity index (χ2n) is 4.18. The number of hydrogen-bond donors (Lipinski definition) is 2. The van der Waals surface area contributed by atoms with Gasteiger partial charge in [0, 0.05) is 18.0 Å². The van der Waals surface area contributed by atoms with Crippen molar-refractivity contribution < 1.29 is 22.9 Å². The van der Waals surface area contributed by atoms with Crippen molar-refractivity contribution in [1.82, 2.24) is 4.90 Å². The molecule has 0 aromatic carbocycles. The molecule has 2 unspecified atom stereocenters. The molecular formula is C10H17NO5S. The third kappa shape index (κ3) is 2.85. The lowest BCUT2D eigenvalue weighted by Gasteiger charge is -2.37. The maximum atomic E-state index is 11.9. The highest BCUT2D eigenvalue weighted by Crippen LogP contribution is 2.28. The van der Waals surface area contributed by atoms with Gasteiger partial charge in [-0.2, -0.15) is 8.42 Å². The highest BCUT2D eigenvalue weighted by atomic mass is 32.2. The summed E-state index contributed by atoms with van der Waals surface area (Å²) < 4.78 is 30.5. The Labute approximate surface area is 101 Å². The van der Waals surface area contributed by atoms with E-state index in [0.717, 1.165) is 0 Å². The highest BCUT2D eigenvalue weighted by molar-refractivity contribution is 7.86. The molecular weight excluding hydrogens is 246 g/mol. The molecule has 0 bridgehead atoms. The van der Waals surface area contributed by atoms with Crippen LogP contribution in [0.4, 0.5) is 0 Å². The maximum Gasteiger partial charge on any atom is 0.269 e. The smallest absolute Gasteiger partial charge is 0.269 e. The first-order chi connectivity index (χ1) is 7.69. The lowest BCUT2D eigenvalue weighted by Crippen LogP contribution is -2.49. The number of aliphatic hydroxyl groups excluding tert-OH is 1. The van der Waals surface area contributed by atoms with Crippen molar-refractivity contribution in [2.45, 2.75) is 27.0 Å². The van der Waals surface area contributed by atoms with Crippen molar-refractivity contribution in [3.05, 3.63) is 11.1 Å². The zero-order valence-electron chi connectivity index (χ0n) is 10.0. The number of aliphatic hydroxyl groups is 1. The lowest BCUT2D eigenvalue weighted by atomic mass is 9.91. The van der Waals surface area contributed by atoms with Gasteiger partial charge in [0.2, 0.25) is 0 Å². The van der Waals surface area contributed by atoms with E-state index in [1.807, 2.05) is 0 Å². The van der Waals surface area contributed by atoms with Crippen molar-refractivity contribution in [2.24, 2.45) is 5.92 Å². The van der Waals surface area contributed by atoms with Crippen LogP contribution in [0.3, 0.4) is 0 Å². The summed E-state index contributed by atoms with van der Waals surface area (Å²) in [5.74, 6) is -1.58. The SMILES string of the molecule is CCN1C(=O)C(CS(=O)(=O)O)=C(C)C(C)C1O. The Morgan fingerprint density at radius 1 is 1.41 bits per heavy atom. The van der Waals surface area contributed by atoms with Gasteiger partial charge in [-0.05, 0) is 13.8 Å². The predicted molar refractivity (Wildman–Crippen MR) is 61.7 cm³/mol. The standard InChI is InChI=1S/C10H17NO5S/c1-4-11-9(12)7(3)6(2)8(10(11)13)5-17(14,15)16/h7,9,12H,4-5H2,1-3H3,(H,14,15,16). The Morgan fingerprint density at radius 2 is 1.94 bits per heavy atom. The van der Waals surface area contributed by atoms with Gasteiger partial charge in [0.25, 0.3) is 16.0 Å². The molecule has 0 spiro atoms. The topological polar surface area (TPSA) is 94.9 Å². The zero-order valence-corrected chi connectivity index (χ0v) is 10.9. The average molecular weight is 263 g/mol. The van der Waals surface area contributed by atoms with Crippen LogP contribution in [0.25, 0.3) is 0 Å². The van der Waals surface area contributed by atoms with Crippen LogP contribution >= 0.6 is 0 Å². The summed E-state index contributed by atoms with van der Waals surface area (Å²) in [6.45, 7) is 5.28. The molecule has 1 aliphatic rings. The molecule has 6 nitrogen and oxygen atoms in total. The van der Waals surface area contributed by atoms with Crippen LogP contribution in [-0.4, -0.2) is 47.4 Å². The van der Waals surface area contributed by atoms with Gasteiger partial charge in [0.15, 0.2) is 0 Å². The third-order valence-corrected chi connectivity index (χ3v) is 3.77. The van der Waals surface area contributed by atoms with Gasteiger partial charge in [-0.15, -0.1) is 0 Å². The summed E-state index contributed by atoms with van der Waals surface area (Å²) in [4.78, 5) is 13.1. The lowest BCUT2D eigenvalue weighted by molar-refractivity contribution is -0.141. The van der Waals surface area contributed by atoms with Gasteiger partial charge in [0.1, 0.15) is 12.0 Å². The summed E-state index contributed by atoms with van der Waals surface area (Å²) >= 11 is 0. The molecule has 1 heterocycles. The number of carbonyl (C=O) groups is 1. The summed E-state index contributed by atoms with van der Waals surface area (Å²) in [5.41, 5.74) is 0.553. The number of likely N-dealkylation sites (N-methyl/N-ethyl adjacent to an activating group) is 1. The molecule has 0 saturated heterocycles. The normalized spacial score (nSPS) is 26.6. The van der Waals surface area contributed by atoms with Gasteiger partial charge in [0.05, 0.1) is 0 Å². The van der Waals surface area contributed by atoms with Crippen LogP contribution in [0.5, 0.6) is 0 Å². The van der Waals surface area contributed by atoms with E-state index >= 15 is 0 Å². The Balaban J connectivity index is 3.20. The minimum Gasteiger partial charge on any atom is -0.373 e. The van der Waals surface area contributed by atoms with E-state index in [1.54, 1.807) is 20.8 Å². The van der Waals surface area contributed by atoms with Crippen LogP contribution in [0, 0.1) is 5.92 Å². The summed E-state index contributed by atoms with van der Waals surface area (Å²) in [6, 6.07) is 0. The Hall–Kier alpha value is -0.920. The fraction of sp³-hybridized carbons (Fsp3) is 0.700. The van der Waals surface area contributed by atoms with Crippen molar-refractivity contribution in [3.63, 3.8) is 0 Å². The molecule has 17 heavy (non-hydrogen) atoms. The van der Waals surface area contributed by atoms with Gasteiger partial charge >= 0.3 is 0 Å². The Morgan fingerprint density at radius 3 is 2.35 bits per heavy atom. The van der Waals surface area contributed by atoms with E-state index in [9.17, 15) is 18.3 Å². The molecule has 0 saturated carbocycles. The monoisotopic (exact) mass is 263 g/mol. The first-order valence-corrected chi connectivity index (χ1v) is 6.93. The minimum atomic E-state index is -4.25. The van der Waals surface area contributed by atoms with Gasteiger partial charge < -0.3 is 10.0 Å². The molecule has 98 valence electrons. The van der Waals surface area contributed by atoms with Crippen molar-refractivity contribution in [3.8, 4) is 0 Å². The summed E-state index contributed by atoms with van der Waals surface area (Å²) in [6.07, 6.45) is -0.947. The molecule has 1 rings (SSSR count). The van der Waals surface area contributed by atoms with Crippen LogP contribution in [-0.2, 0) is 14.9 Å². The molecule has 0 aliphatic carbocycles. The molecule has 1 amide bonds. The molecule has 0 aromatic heterocycles. The van der Waals surface area contributed by atoms with E-state index in [1.165, 1.54) is 4.90 Å². The molecule has 0 aromatic rings. The second kappa shape index (κ2) is 4.75. The van der Waals surface area contributed by atoms with E-state index in [0.29, 0.717) is 5.57 Å². The first-order valence-electron chi connectivity index (χ1n) is 5.32. The molecule has 2 N–H and O–H groups in total. The summed E-state index contributed by atoms with van der Waals surface area (Å²) in [5, 5.41) is 9.85. The highest BCUT2D eigenvalue weighted by Gasteiger charge is 2.36. The van der Waals surface area contributed by atoms with Crippen molar-refractivity contribution in [1.29, 1.82) is 0 Å².